The third-order valence-electron chi connectivity index (χ3n) is 0.273. The van der Waals surface area contributed by atoms with Gasteiger partial charge in [-0.25, -0.2) is 0 Å². The summed E-state index contributed by atoms with van der Waals surface area (Å²) in [7, 11) is -1.46. The summed E-state index contributed by atoms with van der Waals surface area (Å²) >= 11 is 0. The highest BCUT2D eigenvalue weighted by Gasteiger charge is 1.95. The molecule has 0 atom stereocenters. The Bertz CT molecular complexity index is 78.5. The van der Waals surface area contributed by atoms with E-state index >= 15 is 0 Å². The van der Waals surface area contributed by atoms with Crippen LogP contribution in [0.1, 0.15) is 6.92 Å². The summed E-state index contributed by atoms with van der Waals surface area (Å²) in [6.45, 7) is 1.54. The van der Waals surface area contributed by atoms with Crippen molar-refractivity contribution in [3.8, 4) is 11.7 Å². The Hall–Kier alpha value is -0.455. The van der Waals surface area contributed by atoms with Gasteiger partial charge in [0.1, 0.15) is 0 Å². The first-order chi connectivity index (χ1) is 2.77. The summed E-state index contributed by atoms with van der Waals surface area (Å²) in [6.07, 6.45) is 0. The zero-order chi connectivity index (χ0) is 4.99. The largest absolute Gasteiger partial charge is 0.544 e. The molecular formula is C3H5BO2. The van der Waals surface area contributed by atoms with E-state index in [4.69, 9.17) is 10.0 Å². The van der Waals surface area contributed by atoms with Crippen molar-refractivity contribution >= 4 is 7.12 Å². The van der Waals surface area contributed by atoms with E-state index < -0.39 is 7.12 Å². The van der Waals surface area contributed by atoms with Gasteiger partial charge in [0.2, 0.25) is 0 Å². The predicted octanol–water partition coefficient (Wildman–Crippen LogP) is -0.978. The molecule has 0 saturated carbocycles. The maximum atomic E-state index is 7.93. The van der Waals surface area contributed by atoms with Gasteiger partial charge in [-0.2, -0.15) is 0 Å². The highest BCUT2D eigenvalue weighted by molar-refractivity contribution is 6.51. The lowest BCUT2D eigenvalue weighted by atomic mass is 9.94. The van der Waals surface area contributed by atoms with Crippen molar-refractivity contribution in [2.75, 3.05) is 0 Å². The van der Waals surface area contributed by atoms with Gasteiger partial charge in [0, 0.05) is 0 Å². The molecule has 0 saturated heterocycles. The van der Waals surface area contributed by atoms with Crippen LogP contribution in [-0.4, -0.2) is 17.2 Å². The van der Waals surface area contributed by atoms with Crippen molar-refractivity contribution in [3.05, 3.63) is 0 Å². The van der Waals surface area contributed by atoms with Gasteiger partial charge in [-0.15, -0.1) is 5.92 Å². The molecule has 0 amide bonds. The molecule has 32 valence electrons. The van der Waals surface area contributed by atoms with Crippen molar-refractivity contribution in [2.45, 2.75) is 6.92 Å². The maximum Gasteiger partial charge on any atom is 0.544 e. The lowest BCUT2D eigenvalue weighted by molar-refractivity contribution is 0.427. The fourth-order valence-corrected chi connectivity index (χ4v) is 0.129. The van der Waals surface area contributed by atoms with Crippen molar-refractivity contribution in [3.63, 3.8) is 0 Å². The Morgan fingerprint density at radius 3 is 2.00 bits per heavy atom. The van der Waals surface area contributed by atoms with E-state index in [-0.39, 0.29) is 0 Å². The van der Waals surface area contributed by atoms with E-state index in [9.17, 15) is 0 Å². The second-order valence-electron chi connectivity index (χ2n) is 0.768. The van der Waals surface area contributed by atoms with Crippen molar-refractivity contribution in [1.82, 2.24) is 0 Å². The number of rotatable bonds is 0. The normalized spacial score (nSPS) is 5.83. The number of hydrogen-bond donors (Lipinski definition) is 2. The van der Waals surface area contributed by atoms with E-state index in [0.29, 0.717) is 0 Å². The summed E-state index contributed by atoms with van der Waals surface area (Å²) in [5.41, 5.74) is 0. The van der Waals surface area contributed by atoms with Crippen LogP contribution in [0.25, 0.3) is 0 Å². The molecule has 0 unspecified atom stereocenters. The van der Waals surface area contributed by atoms with Crippen LogP contribution in [0.3, 0.4) is 0 Å². The van der Waals surface area contributed by atoms with E-state index in [1.54, 1.807) is 6.92 Å². The third-order valence-corrected chi connectivity index (χ3v) is 0.273. The maximum absolute atomic E-state index is 7.93. The summed E-state index contributed by atoms with van der Waals surface area (Å²) in [6, 6.07) is 0. The Labute approximate surface area is 36.9 Å². The number of hydrogen-bond acceptors (Lipinski definition) is 2. The van der Waals surface area contributed by atoms with Crippen molar-refractivity contribution < 1.29 is 10.0 Å². The molecule has 2 nitrogen and oxygen atoms in total. The molecule has 0 heterocycles. The molecular weight excluding hydrogens is 78.8 g/mol. The Balaban J connectivity index is 3.20. The SMILES string of the molecule is CC#CB(O)O. The summed E-state index contributed by atoms with van der Waals surface area (Å²) in [5.74, 6) is 4.39. The van der Waals surface area contributed by atoms with Crippen LogP contribution in [0, 0.1) is 11.7 Å². The second-order valence-corrected chi connectivity index (χ2v) is 0.768. The fourth-order valence-electron chi connectivity index (χ4n) is 0.129. The predicted molar refractivity (Wildman–Crippen MR) is 23.6 cm³/mol. The molecule has 0 aliphatic rings. The standard InChI is InChI=1S/C3H5BO2/c1-2-3-4(5)6/h5-6H,1H3. The van der Waals surface area contributed by atoms with E-state index in [1.807, 2.05) is 0 Å². The minimum absolute atomic E-state index is 1.46. The molecule has 3 heteroatoms. The molecule has 0 radical (unpaired) electrons. The van der Waals surface area contributed by atoms with Crippen LogP contribution in [0.4, 0.5) is 0 Å². The zero-order valence-corrected chi connectivity index (χ0v) is 3.47. The summed E-state index contributed by atoms with van der Waals surface area (Å²) < 4.78 is 0. The van der Waals surface area contributed by atoms with Crippen molar-refractivity contribution in [2.24, 2.45) is 0 Å². The minimum atomic E-state index is -1.46. The third kappa shape index (κ3) is 3.54. The van der Waals surface area contributed by atoms with Gasteiger partial charge in [0.15, 0.2) is 0 Å². The van der Waals surface area contributed by atoms with Gasteiger partial charge in [-0.1, -0.05) is 5.82 Å². The van der Waals surface area contributed by atoms with E-state index in [2.05, 4.69) is 11.7 Å². The second kappa shape index (κ2) is 2.76. The smallest absolute Gasteiger partial charge is 0.416 e. The highest BCUT2D eigenvalue weighted by atomic mass is 16.4. The lowest BCUT2D eigenvalue weighted by Gasteiger charge is -1.73. The van der Waals surface area contributed by atoms with Crippen LogP contribution in [-0.2, 0) is 0 Å². The molecule has 0 rings (SSSR count). The topological polar surface area (TPSA) is 40.5 Å². The first-order valence-electron chi connectivity index (χ1n) is 1.56. The highest BCUT2D eigenvalue weighted by Crippen LogP contribution is 1.56. The van der Waals surface area contributed by atoms with E-state index in [1.165, 1.54) is 0 Å². The fraction of sp³-hybridized carbons (Fsp3) is 0.333. The first-order valence-corrected chi connectivity index (χ1v) is 1.56. The Kier molecular flexibility index (Phi) is 2.56. The molecule has 0 aromatic rings. The quantitative estimate of drug-likeness (QED) is 0.292. The molecule has 0 aliphatic carbocycles. The van der Waals surface area contributed by atoms with Gasteiger partial charge in [0.05, 0.1) is 0 Å². The van der Waals surface area contributed by atoms with Gasteiger partial charge in [-0.3, -0.25) is 0 Å². The molecule has 0 fully saturated rings. The molecule has 0 spiro atoms. The van der Waals surface area contributed by atoms with Gasteiger partial charge < -0.3 is 10.0 Å². The van der Waals surface area contributed by atoms with Gasteiger partial charge >= 0.3 is 7.12 Å². The average Bonchev–Trinajstić information content (AvgIpc) is 1.35. The summed E-state index contributed by atoms with van der Waals surface area (Å²) in [4.78, 5) is 0. The van der Waals surface area contributed by atoms with E-state index in [0.717, 1.165) is 0 Å². The Morgan fingerprint density at radius 2 is 2.00 bits per heavy atom. The zero-order valence-electron chi connectivity index (χ0n) is 3.47. The molecule has 0 bridgehead atoms. The van der Waals surface area contributed by atoms with Crippen molar-refractivity contribution in [1.29, 1.82) is 0 Å². The monoisotopic (exact) mass is 84.0 g/mol. The lowest BCUT2D eigenvalue weighted by Crippen LogP contribution is -2.05. The molecule has 0 aliphatic heterocycles. The Morgan fingerprint density at radius 1 is 1.50 bits per heavy atom. The van der Waals surface area contributed by atoms with Crippen LogP contribution < -0.4 is 0 Å². The van der Waals surface area contributed by atoms with Crippen LogP contribution in [0.2, 0.25) is 0 Å². The molecule has 2 N–H and O–H groups in total. The van der Waals surface area contributed by atoms with Crippen LogP contribution in [0.15, 0.2) is 0 Å². The van der Waals surface area contributed by atoms with Gasteiger partial charge in [0.25, 0.3) is 0 Å². The minimum Gasteiger partial charge on any atom is -0.416 e. The van der Waals surface area contributed by atoms with Crippen LogP contribution >= 0.6 is 0 Å². The van der Waals surface area contributed by atoms with Gasteiger partial charge in [-0.05, 0) is 6.92 Å². The summed E-state index contributed by atoms with van der Waals surface area (Å²) in [5, 5.41) is 15.9. The van der Waals surface area contributed by atoms with Crippen LogP contribution in [0.5, 0.6) is 0 Å². The molecule has 0 aromatic heterocycles. The molecule has 6 heavy (non-hydrogen) atoms. The first kappa shape index (κ1) is 5.54. The molecule has 0 aromatic carbocycles. The average molecular weight is 83.9 g/mol.